The third kappa shape index (κ3) is 2.76. The molecule has 1 unspecified atom stereocenters. The molecule has 0 radical (unpaired) electrons. The summed E-state index contributed by atoms with van der Waals surface area (Å²) < 4.78 is 7.64. The lowest BCUT2D eigenvalue weighted by Gasteiger charge is -2.16. The smallest absolute Gasteiger partial charge is 0.260 e. The van der Waals surface area contributed by atoms with E-state index < -0.39 is 0 Å². The van der Waals surface area contributed by atoms with E-state index in [1.165, 1.54) is 0 Å². The second-order valence-electron chi connectivity index (χ2n) is 6.42. The Bertz CT molecular complexity index is 914. The first-order valence-corrected chi connectivity index (χ1v) is 8.67. The van der Waals surface area contributed by atoms with Crippen LogP contribution in [0.25, 0.3) is 11.0 Å². The molecule has 2 aromatic carbocycles. The lowest BCUT2D eigenvalue weighted by molar-refractivity contribution is -0.654. The van der Waals surface area contributed by atoms with Gasteiger partial charge in [0, 0.05) is 18.7 Å². The van der Waals surface area contributed by atoms with E-state index in [1.54, 1.807) is 0 Å². The summed E-state index contributed by atoms with van der Waals surface area (Å²) >= 11 is 0. The summed E-state index contributed by atoms with van der Waals surface area (Å²) in [5, 5.41) is 0. The van der Waals surface area contributed by atoms with Gasteiger partial charge in [-0.25, -0.2) is 9.55 Å². The number of carbonyl (C=O) groups excluding carboxylic acids is 1. The molecule has 1 amide bonds. The lowest BCUT2D eigenvalue weighted by atomic mass is 10.1. The molecule has 0 saturated carbocycles. The molecule has 1 aromatic heterocycles. The summed E-state index contributed by atoms with van der Waals surface area (Å²) in [5.41, 5.74) is 3.19. The number of hydrogen-bond acceptors (Lipinski definition) is 2. The van der Waals surface area contributed by atoms with Crippen LogP contribution >= 0.6 is 0 Å². The Kier molecular flexibility index (Phi) is 3.92. The highest BCUT2D eigenvalue weighted by atomic mass is 16.5. The quantitative estimate of drug-likeness (QED) is 0.745. The fraction of sp³-hybridized carbons (Fsp3) is 0.300. The Morgan fingerprint density at radius 3 is 2.68 bits per heavy atom. The molecule has 1 atom stereocenters. The number of fused-ring (bicyclic) bond motifs is 1. The molecular formula is C20H22N3O2+. The molecule has 1 N–H and O–H groups in total. The van der Waals surface area contributed by atoms with Gasteiger partial charge in [-0.3, -0.25) is 4.79 Å². The summed E-state index contributed by atoms with van der Waals surface area (Å²) in [6.07, 6.45) is 0.522. The molecule has 25 heavy (non-hydrogen) atoms. The van der Waals surface area contributed by atoms with E-state index in [1.807, 2.05) is 48.2 Å². The van der Waals surface area contributed by atoms with Crippen LogP contribution < -0.4 is 14.2 Å². The van der Waals surface area contributed by atoms with Crippen LogP contribution in [0.4, 0.5) is 5.69 Å². The number of imidazole rings is 1. The van der Waals surface area contributed by atoms with Gasteiger partial charge in [0.2, 0.25) is 5.91 Å². The van der Waals surface area contributed by atoms with Crippen LogP contribution in [0.3, 0.4) is 0 Å². The molecule has 0 aliphatic carbocycles. The second-order valence-corrected chi connectivity index (χ2v) is 6.42. The molecule has 128 valence electrons. The largest absolute Gasteiger partial charge is 0.494 e. The first kappa shape index (κ1) is 15.7. The maximum Gasteiger partial charge on any atom is 0.260 e. The monoisotopic (exact) mass is 336 g/mol. The molecule has 5 nitrogen and oxygen atoms in total. The maximum atomic E-state index is 12.6. The van der Waals surface area contributed by atoms with Crippen molar-refractivity contribution in [1.29, 1.82) is 0 Å². The molecular weight excluding hydrogens is 314 g/mol. The van der Waals surface area contributed by atoms with Crippen molar-refractivity contribution < 1.29 is 14.1 Å². The number of nitrogens with zero attached hydrogens (tertiary/aromatic N) is 2. The predicted molar refractivity (Wildman–Crippen MR) is 96.8 cm³/mol. The number of aryl methyl sites for hydroxylation is 1. The maximum absolute atomic E-state index is 12.6. The normalized spacial score (nSPS) is 17.4. The minimum absolute atomic E-state index is 0.160. The summed E-state index contributed by atoms with van der Waals surface area (Å²) in [7, 11) is 2.05. The van der Waals surface area contributed by atoms with Crippen molar-refractivity contribution in [2.45, 2.75) is 19.3 Å². The summed E-state index contributed by atoms with van der Waals surface area (Å²) in [6, 6.07) is 16.0. The highest BCUT2D eigenvalue weighted by Gasteiger charge is 2.37. The molecule has 5 heteroatoms. The van der Waals surface area contributed by atoms with E-state index in [9.17, 15) is 4.79 Å². The molecule has 1 fully saturated rings. The Morgan fingerprint density at radius 2 is 1.96 bits per heavy atom. The zero-order chi connectivity index (χ0) is 17.4. The number of hydrogen-bond donors (Lipinski definition) is 1. The van der Waals surface area contributed by atoms with Gasteiger partial charge >= 0.3 is 0 Å². The first-order valence-electron chi connectivity index (χ1n) is 8.67. The van der Waals surface area contributed by atoms with Crippen molar-refractivity contribution in [2.24, 2.45) is 7.05 Å². The number of ether oxygens (including phenoxy) is 1. The van der Waals surface area contributed by atoms with E-state index in [-0.39, 0.29) is 11.8 Å². The fourth-order valence-electron chi connectivity index (χ4n) is 3.63. The van der Waals surface area contributed by atoms with Gasteiger partial charge in [-0.05, 0) is 43.3 Å². The van der Waals surface area contributed by atoms with Crippen molar-refractivity contribution in [2.75, 3.05) is 18.1 Å². The third-order valence-electron chi connectivity index (χ3n) is 4.86. The van der Waals surface area contributed by atoms with Crippen molar-refractivity contribution >= 4 is 22.6 Å². The van der Waals surface area contributed by atoms with Crippen LogP contribution in [-0.2, 0) is 11.8 Å². The van der Waals surface area contributed by atoms with Crippen LogP contribution in [0, 0.1) is 0 Å². The van der Waals surface area contributed by atoms with Crippen molar-refractivity contribution in [3.63, 3.8) is 0 Å². The van der Waals surface area contributed by atoms with Crippen LogP contribution in [0.15, 0.2) is 48.5 Å². The van der Waals surface area contributed by atoms with Gasteiger partial charge in [-0.2, -0.15) is 0 Å². The molecule has 4 rings (SSSR count). The highest BCUT2D eigenvalue weighted by Crippen LogP contribution is 2.31. The number of carbonyl (C=O) groups is 1. The van der Waals surface area contributed by atoms with Gasteiger partial charge in [-0.15, -0.1) is 0 Å². The van der Waals surface area contributed by atoms with Crippen molar-refractivity contribution in [1.82, 2.24) is 4.98 Å². The average molecular weight is 336 g/mol. The number of nitrogens with one attached hydrogen (secondary N) is 1. The number of aromatic amines is 1. The molecule has 0 bridgehead atoms. The Hall–Kier alpha value is -2.82. The Morgan fingerprint density at radius 1 is 1.20 bits per heavy atom. The van der Waals surface area contributed by atoms with E-state index >= 15 is 0 Å². The van der Waals surface area contributed by atoms with Crippen LogP contribution in [0.1, 0.15) is 25.1 Å². The Labute approximate surface area is 146 Å². The van der Waals surface area contributed by atoms with Crippen LogP contribution in [0.5, 0.6) is 5.75 Å². The number of amides is 1. The highest BCUT2D eigenvalue weighted by molar-refractivity contribution is 5.96. The lowest BCUT2D eigenvalue weighted by Crippen LogP contribution is -2.34. The van der Waals surface area contributed by atoms with Gasteiger partial charge < -0.3 is 9.64 Å². The summed E-state index contributed by atoms with van der Waals surface area (Å²) in [5.74, 6) is 2.25. The van der Waals surface area contributed by atoms with E-state index in [0.717, 1.165) is 28.3 Å². The predicted octanol–water partition coefficient (Wildman–Crippen LogP) is 2.91. The fourth-order valence-corrected chi connectivity index (χ4v) is 3.63. The van der Waals surface area contributed by atoms with Gasteiger partial charge in [0.25, 0.3) is 5.82 Å². The molecule has 1 aliphatic heterocycles. The number of H-pyrrole nitrogens is 1. The Balaban J connectivity index is 1.60. The van der Waals surface area contributed by atoms with E-state index in [4.69, 9.17) is 4.74 Å². The molecule has 3 aromatic rings. The van der Waals surface area contributed by atoms with Crippen LogP contribution in [0.2, 0.25) is 0 Å². The van der Waals surface area contributed by atoms with Gasteiger partial charge in [-0.1, -0.05) is 12.1 Å². The zero-order valence-electron chi connectivity index (χ0n) is 14.5. The SMILES string of the molecule is CCOc1ccc(N2CC(c3[nH]c4ccccc4[n+]3C)CC2=O)cc1. The number of aromatic nitrogens is 2. The van der Waals surface area contributed by atoms with Crippen molar-refractivity contribution in [3.05, 3.63) is 54.4 Å². The van der Waals surface area contributed by atoms with E-state index in [2.05, 4.69) is 28.7 Å². The average Bonchev–Trinajstić information content (AvgIpc) is 3.17. The minimum atomic E-state index is 0.160. The summed E-state index contributed by atoms with van der Waals surface area (Å²) in [6.45, 7) is 3.29. The third-order valence-corrected chi connectivity index (χ3v) is 4.86. The van der Waals surface area contributed by atoms with E-state index in [0.29, 0.717) is 19.6 Å². The number of anilines is 1. The van der Waals surface area contributed by atoms with Gasteiger partial charge in [0.05, 0.1) is 19.6 Å². The number of rotatable bonds is 4. The molecule has 2 heterocycles. The van der Waals surface area contributed by atoms with Crippen molar-refractivity contribution in [3.8, 4) is 5.75 Å². The topological polar surface area (TPSA) is 49.2 Å². The number of para-hydroxylation sites is 2. The van der Waals surface area contributed by atoms with Gasteiger partial charge in [0.1, 0.15) is 5.75 Å². The van der Waals surface area contributed by atoms with Gasteiger partial charge in [0.15, 0.2) is 11.0 Å². The number of benzene rings is 2. The minimum Gasteiger partial charge on any atom is -0.494 e. The zero-order valence-corrected chi connectivity index (χ0v) is 14.5. The molecule has 0 spiro atoms. The molecule has 1 aliphatic rings. The summed E-state index contributed by atoms with van der Waals surface area (Å²) in [4.78, 5) is 17.9. The van der Waals surface area contributed by atoms with Crippen LogP contribution in [-0.4, -0.2) is 24.0 Å². The standard InChI is InChI=1S/C20H21N3O2/c1-3-25-16-10-8-15(9-11-16)23-13-14(12-19(23)24)20-21-17-6-4-5-7-18(17)22(20)2/h4-11,14H,3,12-13H2,1-2H3/p+1. The molecule has 1 saturated heterocycles. The first-order chi connectivity index (χ1) is 12.2. The second kappa shape index (κ2) is 6.24.